The summed E-state index contributed by atoms with van der Waals surface area (Å²) in [6, 6.07) is 0.676. The van der Waals surface area contributed by atoms with Gasteiger partial charge in [-0.15, -0.1) is 0 Å². The molecule has 106 valence electrons. The van der Waals surface area contributed by atoms with E-state index in [-0.39, 0.29) is 5.41 Å². The van der Waals surface area contributed by atoms with Crippen LogP contribution in [-0.2, 0) is 14.6 Å². The molecule has 0 aromatic heterocycles. The van der Waals surface area contributed by atoms with Crippen LogP contribution in [0.25, 0.3) is 0 Å². The van der Waals surface area contributed by atoms with Crippen molar-refractivity contribution in [2.24, 2.45) is 5.41 Å². The molecule has 5 heteroatoms. The fraction of sp³-hybridized carbons (Fsp3) is 1.00. The molecule has 2 fully saturated rings. The lowest BCUT2D eigenvalue weighted by molar-refractivity contribution is 0.147. The average molecular weight is 275 g/mol. The largest absolute Gasteiger partial charge is 0.381 e. The van der Waals surface area contributed by atoms with Crippen LogP contribution in [0.3, 0.4) is 0 Å². The number of ether oxygens (including phenoxy) is 1. The highest BCUT2D eigenvalue weighted by atomic mass is 32.2. The maximum absolute atomic E-state index is 11.8. The van der Waals surface area contributed by atoms with E-state index in [1.165, 1.54) is 12.8 Å². The van der Waals surface area contributed by atoms with Crippen LogP contribution < -0.4 is 5.32 Å². The molecule has 1 atom stereocenters. The molecule has 1 saturated carbocycles. The molecule has 1 unspecified atom stereocenters. The lowest BCUT2D eigenvalue weighted by Crippen LogP contribution is -2.37. The molecule has 2 rings (SSSR count). The maximum atomic E-state index is 11.8. The van der Waals surface area contributed by atoms with Crippen molar-refractivity contribution in [2.45, 2.75) is 45.1 Å². The summed E-state index contributed by atoms with van der Waals surface area (Å²) in [5, 5.41) is 3.53. The van der Waals surface area contributed by atoms with Gasteiger partial charge in [0.2, 0.25) is 0 Å². The summed E-state index contributed by atoms with van der Waals surface area (Å²) in [6.45, 7) is 4.33. The van der Waals surface area contributed by atoms with E-state index in [9.17, 15) is 8.42 Å². The molecule has 0 amide bonds. The molecule has 1 aliphatic carbocycles. The minimum absolute atomic E-state index is 0.0589. The molecular weight excluding hydrogens is 250 g/mol. The first kappa shape index (κ1) is 14.3. The highest BCUT2D eigenvalue weighted by Crippen LogP contribution is 2.33. The van der Waals surface area contributed by atoms with Gasteiger partial charge in [-0.2, -0.15) is 0 Å². The molecule has 2 aliphatic rings. The first-order valence-corrected chi connectivity index (χ1v) is 8.89. The summed E-state index contributed by atoms with van der Waals surface area (Å²) in [5.41, 5.74) is 0.0589. The van der Waals surface area contributed by atoms with Crippen molar-refractivity contribution in [1.29, 1.82) is 0 Å². The molecule has 0 bridgehead atoms. The van der Waals surface area contributed by atoms with Gasteiger partial charge in [-0.1, -0.05) is 6.92 Å². The van der Waals surface area contributed by atoms with Gasteiger partial charge >= 0.3 is 0 Å². The minimum atomic E-state index is -2.86. The van der Waals surface area contributed by atoms with E-state index in [0.717, 1.165) is 26.0 Å². The van der Waals surface area contributed by atoms with Crippen LogP contribution >= 0.6 is 0 Å². The van der Waals surface area contributed by atoms with Crippen molar-refractivity contribution >= 4 is 9.84 Å². The summed E-state index contributed by atoms with van der Waals surface area (Å²) in [5.74, 6) is 0.635. The fourth-order valence-electron chi connectivity index (χ4n) is 2.51. The Kier molecular flexibility index (Phi) is 4.67. The van der Waals surface area contributed by atoms with Crippen LogP contribution in [0, 0.1) is 5.41 Å². The third-order valence-corrected chi connectivity index (χ3v) is 5.84. The highest BCUT2D eigenvalue weighted by Gasteiger charge is 2.37. The predicted octanol–water partition coefficient (Wildman–Crippen LogP) is 1.36. The third-order valence-electron chi connectivity index (χ3n) is 3.99. The SMILES string of the molecule is CCCS(=O)(=O)CCC1(CNC2CC2)CCOC1. The summed E-state index contributed by atoms with van der Waals surface area (Å²) in [4.78, 5) is 0. The van der Waals surface area contributed by atoms with Gasteiger partial charge in [0.25, 0.3) is 0 Å². The number of sulfone groups is 1. The molecule has 1 saturated heterocycles. The van der Waals surface area contributed by atoms with Crippen LogP contribution in [-0.4, -0.2) is 45.7 Å². The van der Waals surface area contributed by atoms with E-state index < -0.39 is 9.84 Å². The predicted molar refractivity (Wildman–Crippen MR) is 72.5 cm³/mol. The molecule has 1 N–H and O–H groups in total. The van der Waals surface area contributed by atoms with Crippen LogP contribution in [0.2, 0.25) is 0 Å². The Balaban J connectivity index is 1.84. The summed E-state index contributed by atoms with van der Waals surface area (Å²) in [6.07, 6.45) is 4.99. The average Bonchev–Trinajstić information content (AvgIpc) is 3.04. The van der Waals surface area contributed by atoms with Crippen molar-refractivity contribution in [1.82, 2.24) is 5.32 Å². The van der Waals surface area contributed by atoms with Crippen molar-refractivity contribution < 1.29 is 13.2 Å². The Morgan fingerprint density at radius 2 is 2.11 bits per heavy atom. The molecule has 0 aromatic carbocycles. The second-order valence-electron chi connectivity index (χ2n) is 5.86. The third kappa shape index (κ3) is 4.21. The van der Waals surface area contributed by atoms with Gasteiger partial charge in [-0.25, -0.2) is 8.42 Å². The van der Waals surface area contributed by atoms with Gasteiger partial charge in [0.05, 0.1) is 12.4 Å². The second-order valence-corrected chi connectivity index (χ2v) is 8.16. The highest BCUT2D eigenvalue weighted by molar-refractivity contribution is 7.91. The van der Waals surface area contributed by atoms with E-state index in [0.29, 0.717) is 30.6 Å². The zero-order chi connectivity index (χ0) is 13.1. The minimum Gasteiger partial charge on any atom is -0.381 e. The van der Waals surface area contributed by atoms with E-state index >= 15 is 0 Å². The van der Waals surface area contributed by atoms with Gasteiger partial charge in [0, 0.05) is 30.4 Å². The standard InChI is InChI=1S/C13H25NO3S/c1-2-8-18(15,16)9-6-13(5-7-17-11-13)10-14-12-3-4-12/h12,14H,2-11H2,1H3. The van der Waals surface area contributed by atoms with Crippen LogP contribution in [0.1, 0.15) is 39.0 Å². The molecule has 0 aromatic rings. The number of hydrogen-bond donors (Lipinski definition) is 1. The van der Waals surface area contributed by atoms with Gasteiger partial charge in [0.1, 0.15) is 9.84 Å². The van der Waals surface area contributed by atoms with Gasteiger partial charge in [-0.3, -0.25) is 0 Å². The monoisotopic (exact) mass is 275 g/mol. The first-order chi connectivity index (χ1) is 8.55. The van der Waals surface area contributed by atoms with E-state index in [1.807, 2.05) is 6.92 Å². The Bertz CT molecular complexity index is 356. The normalized spacial score (nSPS) is 28.7. The van der Waals surface area contributed by atoms with Crippen LogP contribution in [0.15, 0.2) is 0 Å². The van der Waals surface area contributed by atoms with Gasteiger partial charge < -0.3 is 10.1 Å². The zero-order valence-electron chi connectivity index (χ0n) is 11.3. The molecule has 1 aliphatic heterocycles. The van der Waals surface area contributed by atoms with E-state index in [1.54, 1.807) is 0 Å². The van der Waals surface area contributed by atoms with Crippen molar-refractivity contribution in [3.8, 4) is 0 Å². The van der Waals surface area contributed by atoms with Gasteiger partial charge in [0.15, 0.2) is 0 Å². The Hall–Kier alpha value is -0.130. The van der Waals surface area contributed by atoms with Crippen molar-refractivity contribution in [2.75, 3.05) is 31.3 Å². The second kappa shape index (κ2) is 5.88. The quantitative estimate of drug-likeness (QED) is 0.727. The van der Waals surface area contributed by atoms with Crippen molar-refractivity contribution in [3.63, 3.8) is 0 Å². The maximum Gasteiger partial charge on any atom is 0.150 e. The smallest absolute Gasteiger partial charge is 0.150 e. The van der Waals surface area contributed by atoms with Gasteiger partial charge in [-0.05, 0) is 32.1 Å². The molecule has 0 spiro atoms. The molecule has 0 radical (unpaired) electrons. The Morgan fingerprint density at radius 1 is 1.33 bits per heavy atom. The molecule has 18 heavy (non-hydrogen) atoms. The molecule has 1 heterocycles. The van der Waals surface area contributed by atoms with Crippen molar-refractivity contribution in [3.05, 3.63) is 0 Å². The summed E-state index contributed by atoms with van der Waals surface area (Å²) in [7, 11) is -2.86. The summed E-state index contributed by atoms with van der Waals surface area (Å²) < 4.78 is 29.1. The number of hydrogen-bond acceptors (Lipinski definition) is 4. The zero-order valence-corrected chi connectivity index (χ0v) is 12.1. The topological polar surface area (TPSA) is 55.4 Å². The lowest BCUT2D eigenvalue weighted by Gasteiger charge is -2.27. The van der Waals surface area contributed by atoms with Crippen LogP contribution in [0.5, 0.6) is 0 Å². The Morgan fingerprint density at radius 3 is 2.67 bits per heavy atom. The van der Waals surface area contributed by atoms with Crippen LogP contribution in [0.4, 0.5) is 0 Å². The number of rotatable bonds is 8. The first-order valence-electron chi connectivity index (χ1n) is 7.07. The Labute approximate surface area is 110 Å². The number of nitrogens with one attached hydrogen (secondary N) is 1. The lowest BCUT2D eigenvalue weighted by atomic mass is 9.84. The van der Waals surface area contributed by atoms with E-state index in [2.05, 4.69) is 5.32 Å². The fourth-order valence-corrected chi connectivity index (χ4v) is 4.08. The molecule has 4 nitrogen and oxygen atoms in total. The molecular formula is C13H25NO3S. The van der Waals surface area contributed by atoms with E-state index in [4.69, 9.17) is 4.74 Å². The summed E-state index contributed by atoms with van der Waals surface area (Å²) >= 11 is 0.